The molecule has 0 bridgehead atoms. The third-order valence-corrected chi connectivity index (χ3v) is 8.00. The second-order valence-electron chi connectivity index (χ2n) is 8.35. The van der Waals surface area contributed by atoms with Gasteiger partial charge in [-0.05, 0) is 55.9 Å². The molecule has 1 N–H and O–H groups in total. The first-order valence-electron chi connectivity index (χ1n) is 10.9. The lowest BCUT2D eigenvalue weighted by Crippen LogP contribution is -2.42. The third kappa shape index (κ3) is 5.82. The van der Waals surface area contributed by atoms with Crippen LogP contribution in [0, 0.1) is 5.92 Å². The maximum atomic E-state index is 12.8. The Labute approximate surface area is 179 Å². The molecule has 2 fully saturated rings. The van der Waals surface area contributed by atoms with Gasteiger partial charge in [-0.15, -0.1) is 0 Å². The van der Waals surface area contributed by atoms with E-state index in [0.29, 0.717) is 19.0 Å². The average Bonchev–Trinajstić information content (AvgIpc) is 3.04. The molecule has 30 heavy (non-hydrogen) atoms. The van der Waals surface area contributed by atoms with Crippen LogP contribution in [0.1, 0.15) is 68.6 Å². The van der Waals surface area contributed by atoms with Crippen LogP contribution in [0.3, 0.4) is 0 Å². The van der Waals surface area contributed by atoms with E-state index in [0.717, 1.165) is 44.9 Å². The SMILES string of the molecule is C[C@@H]1CCCC[C@@H]1NC(=O)COC(=O)c1ccc(S(=O)(=O)N2CCCCCC2)cc1. The molecular weight excluding hydrogens is 404 g/mol. The number of benzene rings is 1. The predicted octanol–water partition coefficient (Wildman–Crippen LogP) is 3.10. The standard InChI is InChI=1S/C22H32N2O5S/c1-17-8-4-5-9-20(17)23-21(25)16-29-22(26)18-10-12-19(13-11-18)30(27,28)24-14-6-2-3-7-15-24/h10-13,17,20H,2-9,14-16H2,1H3,(H,23,25)/t17-,20+/m1/s1. The fraction of sp³-hybridized carbons (Fsp3) is 0.636. The Balaban J connectivity index is 1.53. The van der Waals surface area contributed by atoms with Crippen LogP contribution in [0.15, 0.2) is 29.2 Å². The zero-order valence-electron chi connectivity index (χ0n) is 17.6. The Hall–Kier alpha value is -1.93. The van der Waals surface area contributed by atoms with Gasteiger partial charge in [0.15, 0.2) is 6.61 Å². The van der Waals surface area contributed by atoms with Crippen LogP contribution in [-0.2, 0) is 19.6 Å². The zero-order chi connectivity index (χ0) is 21.6. The van der Waals surface area contributed by atoms with Gasteiger partial charge in [0.05, 0.1) is 10.5 Å². The number of amides is 1. The highest BCUT2D eigenvalue weighted by Crippen LogP contribution is 2.24. The average molecular weight is 437 g/mol. The van der Waals surface area contributed by atoms with Gasteiger partial charge in [0.2, 0.25) is 10.0 Å². The van der Waals surface area contributed by atoms with Crippen molar-refractivity contribution < 1.29 is 22.7 Å². The molecule has 1 amide bonds. The fourth-order valence-corrected chi connectivity index (χ4v) is 5.70. The predicted molar refractivity (Wildman–Crippen MR) is 114 cm³/mol. The number of rotatable bonds is 6. The van der Waals surface area contributed by atoms with Gasteiger partial charge in [-0.2, -0.15) is 4.31 Å². The number of carbonyl (C=O) groups excluding carboxylic acids is 2. The van der Waals surface area contributed by atoms with Crippen molar-refractivity contribution in [1.82, 2.24) is 9.62 Å². The van der Waals surface area contributed by atoms with E-state index in [4.69, 9.17) is 4.74 Å². The van der Waals surface area contributed by atoms with Gasteiger partial charge in [0.1, 0.15) is 0 Å². The number of hydrogen-bond donors (Lipinski definition) is 1. The monoisotopic (exact) mass is 436 g/mol. The lowest BCUT2D eigenvalue weighted by molar-refractivity contribution is -0.125. The van der Waals surface area contributed by atoms with Crippen LogP contribution in [-0.4, -0.2) is 50.3 Å². The second kappa shape index (κ2) is 10.4. The summed E-state index contributed by atoms with van der Waals surface area (Å²) in [6, 6.07) is 5.87. The number of esters is 1. The van der Waals surface area contributed by atoms with Crippen LogP contribution in [0.25, 0.3) is 0 Å². The first-order valence-corrected chi connectivity index (χ1v) is 12.4. The minimum absolute atomic E-state index is 0.133. The molecular formula is C22H32N2O5S. The summed E-state index contributed by atoms with van der Waals surface area (Å²) in [5, 5.41) is 2.94. The summed E-state index contributed by atoms with van der Waals surface area (Å²) in [5.74, 6) is -0.514. The summed E-state index contributed by atoms with van der Waals surface area (Å²) in [7, 11) is -3.56. The molecule has 166 valence electrons. The molecule has 8 heteroatoms. The maximum Gasteiger partial charge on any atom is 0.338 e. The molecule has 1 aliphatic heterocycles. The van der Waals surface area contributed by atoms with Crippen molar-refractivity contribution in [2.45, 2.75) is 69.2 Å². The Kier molecular flexibility index (Phi) is 7.88. The summed E-state index contributed by atoms with van der Waals surface area (Å²) in [6.45, 7) is 2.84. The topological polar surface area (TPSA) is 92.8 Å². The highest BCUT2D eigenvalue weighted by atomic mass is 32.2. The van der Waals surface area contributed by atoms with Crippen molar-refractivity contribution in [3.8, 4) is 0 Å². The largest absolute Gasteiger partial charge is 0.452 e. The molecule has 2 aliphatic rings. The summed E-state index contributed by atoms with van der Waals surface area (Å²) in [5.41, 5.74) is 0.226. The maximum absolute atomic E-state index is 12.8. The van der Waals surface area contributed by atoms with E-state index >= 15 is 0 Å². The number of sulfonamides is 1. The van der Waals surface area contributed by atoms with Crippen LogP contribution >= 0.6 is 0 Å². The quantitative estimate of drug-likeness (QED) is 0.692. The fourth-order valence-electron chi connectivity index (χ4n) is 4.19. The van der Waals surface area contributed by atoms with E-state index in [2.05, 4.69) is 12.2 Å². The van der Waals surface area contributed by atoms with Crippen molar-refractivity contribution in [3.63, 3.8) is 0 Å². The molecule has 1 saturated heterocycles. The van der Waals surface area contributed by atoms with Gasteiger partial charge in [-0.25, -0.2) is 13.2 Å². The Bertz CT molecular complexity index is 830. The first kappa shape index (κ1) is 22.7. The third-order valence-electron chi connectivity index (χ3n) is 6.09. The summed E-state index contributed by atoms with van der Waals surface area (Å²) in [4.78, 5) is 24.5. The molecule has 1 heterocycles. The van der Waals surface area contributed by atoms with E-state index in [1.165, 1.54) is 35.0 Å². The molecule has 0 radical (unpaired) electrons. The zero-order valence-corrected chi connectivity index (χ0v) is 18.5. The van der Waals surface area contributed by atoms with Crippen molar-refractivity contribution in [3.05, 3.63) is 29.8 Å². The molecule has 0 spiro atoms. The molecule has 2 atom stereocenters. The molecule has 1 aliphatic carbocycles. The van der Waals surface area contributed by atoms with Gasteiger partial charge in [0, 0.05) is 19.1 Å². The van der Waals surface area contributed by atoms with E-state index in [1.54, 1.807) is 0 Å². The number of carbonyl (C=O) groups is 2. The van der Waals surface area contributed by atoms with Gasteiger partial charge >= 0.3 is 5.97 Å². The first-order chi connectivity index (χ1) is 14.4. The van der Waals surface area contributed by atoms with Crippen LogP contribution in [0.2, 0.25) is 0 Å². The summed E-state index contributed by atoms with van der Waals surface area (Å²) < 4.78 is 32.2. The highest BCUT2D eigenvalue weighted by molar-refractivity contribution is 7.89. The van der Waals surface area contributed by atoms with Crippen LogP contribution in [0.4, 0.5) is 0 Å². The lowest BCUT2D eigenvalue weighted by atomic mass is 9.86. The molecule has 7 nitrogen and oxygen atoms in total. The van der Waals surface area contributed by atoms with Crippen molar-refractivity contribution in [2.24, 2.45) is 5.92 Å². The minimum atomic E-state index is -3.56. The smallest absolute Gasteiger partial charge is 0.338 e. The molecule has 0 unspecified atom stereocenters. The molecule has 0 aromatic heterocycles. The lowest BCUT2D eigenvalue weighted by Gasteiger charge is -2.29. The summed E-state index contributed by atoms with van der Waals surface area (Å²) >= 11 is 0. The highest BCUT2D eigenvalue weighted by Gasteiger charge is 2.26. The Morgan fingerprint density at radius 1 is 1.00 bits per heavy atom. The van der Waals surface area contributed by atoms with Gasteiger partial charge in [-0.3, -0.25) is 4.79 Å². The normalized spacial score (nSPS) is 23.4. The van der Waals surface area contributed by atoms with Crippen LogP contribution < -0.4 is 5.32 Å². The van der Waals surface area contributed by atoms with Gasteiger partial charge in [0.25, 0.3) is 5.91 Å². The van der Waals surface area contributed by atoms with Crippen molar-refractivity contribution in [2.75, 3.05) is 19.7 Å². The minimum Gasteiger partial charge on any atom is -0.452 e. The molecule has 1 aromatic carbocycles. The van der Waals surface area contributed by atoms with Crippen molar-refractivity contribution in [1.29, 1.82) is 0 Å². The molecule has 3 rings (SSSR count). The van der Waals surface area contributed by atoms with Crippen LogP contribution in [0.5, 0.6) is 0 Å². The van der Waals surface area contributed by atoms with Gasteiger partial charge in [-0.1, -0.05) is 32.6 Å². The number of ether oxygens (including phenoxy) is 1. The van der Waals surface area contributed by atoms with E-state index in [9.17, 15) is 18.0 Å². The Morgan fingerprint density at radius 3 is 2.27 bits per heavy atom. The Morgan fingerprint density at radius 2 is 1.63 bits per heavy atom. The molecule has 1 saturated carbocycles. The van der Waals surface area contributed by atoms with Crippen molar-refractivity contribution >= 4 is 21.9 Å². The second-order valence-corrected chi connectivity index (χ2v) is 10.3. The number of nitrogens with zero attached hydrogens (tertiary/aromatic N) is 1. The number of hydrogen-bond acceptors (Lipinski definition) is 5. The summed E-state index contributed by atoms with van der Waals surface area (Å²) in [6.07, 6.45) is 8.16. The van der Waals surface area contributed by atoms with Gasteiger partial charge < -0.3 is 10.1 Å². The number of nitrogens with one attached hydrogen (secondary N) is 1. The van der Waals surface area contributed by atoms with E-state index in [1.807, 2.05) is 0 Å². The molecule has 1 aromatic rings. The van der Waals surface area contributed by atoms with E-state index < -0.39 is 16.0 Å². The van der Waals surface area contributed by atoms with E-state index in [-0.39, 0.29) is 29.0 Å².